The number of benzene rings is 1. The zero-order valence-electron chi connectivity index (χ0n) is 10.2. The van der Waals surface area contributed by atoms with Crippen LogP contribution in [0, 0.1) is 0 Å². The van der Waals surface area contributed by atoms with Gasteiger partial charge in [-0.25, -0.2) is 0 Å². The van der Waals surface area contributed by atoms with Gasteiger partial charge in [-0.15, -0.1) is 0 Å². The van der Waals surface area contributed by atoms with E-state index in [0.29, 0.717) is 6.61 Å². The van der Waals surface area contributed by atoms with Crippen LogP contribution in [-0.2, 0) is 6.61 Å². The van der Waals surface area contributed by atoms with E-state index in [1.165, 1.54) is 12.8 Å². The fourth-order valence-corrected chi connectivity index (χ4v) is 2.22. The van der Waals surface area contributed by atoms with Crippen molar-refractivity contribution >= 4 is 5.82 Å². The smallest absolute Gasteiger partial charge is 0.178 e. The van der Waals surface area contributed by atoms with Crippen molar-refractivity contribution in [2.45, 2.75) is 19.4 Å². The van der Waals surface area contributed by atoms with E-state index in [4.69, 9.17) is 9.26 Å². The van der Waals surface area contributed by atoms with Gasteiger partial charge in [0.25, 0.3) is 0 Å². The van der Waals surface area contributed by atoms with Gasteiger partial charge in [-0.3, -0.25) is 0 Å². The maximum Gasteiger partial charge on any atom is 0.178 e. The Labute approximate surface area is 106 Å². The monoisotopic (exact) mass is 244 g/mol. The summed E-state index contributed by atoms with van der Waals surface area (Å²) in [4.78, 5) is 2.26. The molecule has 0 aliphatic carbocycles. The van der Waals surface area contributed by atoms with Crippen LogP contribution in [-0.4, -0.2) is 18.2 Å². The lowest BCUT2D eigenvalue weighted by atomic mass is 10.3. The normalized spacial score (nSPS) is 15.0. The van der Waals surface area contributed by atoms with Crippen LogP contribution in [0.1, 0.15) is 18.4 Å². The predicted molar refractivity (Wildman–Crippen MR) is 68.7 cm³/mol. The number of nitrogens with zero attached hydrogens (tertiary/aromatic N) is 2. The molecule has 0 atom stereocenters. The summed E-state index contributed by atoms with van der Waals surface area (Å²) >= 11 is 0. The summed E-state index contributed by atoms with van der Waals surface area (Å²) in [7, 11) is 0. The van der Waals surface area contributed by atoms with E-state index < -0.39 is 0 Å². The Hall–Kier alpha value is -1.97. The Bertz CT molecular complexity index is 490. The highest BCUT2D eigenvalue weighted by Crippen LogP contribution is 2.24. The summed E-state index contributed by atoms with van der Waals surface area (Å²) in [6.07, 6.45) is 4.13. The third-order valence-electron chi connectivity index (χ3n) is 3.16. The molecule has 4 heteroatoms. The van der Waals surface area contributed by atoms with Crippen LogP contribution < -0.4 is 9.64 Å². The van der Waals surface area contributed by atoms with Gasteiger partial charge < -0.3 is 14.2 Å². The third-order valence-corrected chi connectivity index (χ3v) is 3.16. The molecule has 0 radical (unpaired) electrons. The van der Waals surface area contributed by atoms with Crippen molar-refractivity contribution in [2.24, 2.45) is 0 Å². The average molecular weight is 244 g/mol. The summed E-state index contributed by atoms with van der Waals surface area (Å²) in [6, 6.07) is 9.79. The summed E-state index contributed by atoms with van der Waals surface area (Å²) in [5.74, 6) is 1.80. The molecule has 1 saturated heterocycles. The number of ether oxygens (including phenoxy) is 1. The van der Waals surface area contributed by atoms with Crippen LogP contribution >= 0.6 is 0 Å². The van der Waals surface area contributed by atoms with Crippen LogP contribution in [0.15, 0.2) is 41.1 Å². The molecule has 4 nitrogen and oxygen atoms in total. The second-order valence-electron chi connectivity index (χ2n) is 4.46. The number of aromatic nitrogens is 1. The van der Waals surface area contributed by atoms with Gasteiger partial charge in [0.2, 0.25) is 0 Å². The van der Waals surface area contributed by atoms with Crippen LogP contribution in [0.2, 0.25) is 0 Å². The Morgan fingerprint density at radius 1 is 1.17 bits per heavy atom. The van der Waals surface area contributed by atoms with Crippen molar-refractivity contribution in [2.75, 3.05) is 18.0 Å². The maximum absolute atomic E-state index is 5.72. The third kappa shape index (κ3) is 2.32. The summed E-state index contributed by atoms with van der Waals surface area (Å²) < 4.78 is 10.8. The minimum atomic E-state index is 0.499. The molecular weight excluding hydrogens is 228 g/mol. The fourth-order valence-electron chi connectivity index (χ4n) is 2.22. The van der Waals surface area contributed by atoms with E-state index in [0.717, 1.165) is 30.2 Å². The Morgan fingerprint density at radius 3 is 2.72 bits per heavy atom. The minimum absolute atomic E-state index is 0.499. The molecule has 0 unspecified atom stereocenters. The molecule has 3 rings (SSSR count). The molecule has 0 bridgehead atoms. The van der Waals surface area contributed by atoms with Crippen molar-refractivity contribution in [1.82, 2.24) is 5.16 Å². The van der Waals surface area contributed by atoms with E-state index in [2.05, 4.69) is 10.1 Å². The Balaban J connectivity index is 1.68. The average Bonchev–Trinajstić information content (AvgIpc) is 3.08. The second kappa shape index (κ2) is 5.12. The molecule has 1 aliphatic rings. The lowest BCUT2D eigenvalue weighted by Crippen LogP contribution is -2.19. The molecule has 0 saturated carbocycles. The number of anilines is 1. The van der Waals surface area contributed by atoms with Crippen LogP contribution in [0.25, 0.3) is 0 Å². The van der Waals surface area contributed by atoms with E-state index >= 15 is 0 Å². The van der Waals surface area contributed by atoms with Crippen LogP contribution in [0.4, 0.5) is 5.82 Å². The Morgan fingerprint density at radius 2 is 1.94 bits per heavy atom. The molecule has 94 valence electrons. The fraction of sp³-hybridized carbons (Fsp3) is 0.357. The van der Waals surface area contributed by atoms with Crippen molar-refractivity contribution in [1.29, 1.82) is 0 Å². The van der Waals surface area contributed by atoms with E-state index in [1.807, 2.05) is 30.3 Å². The van der Waals surface area contributed by atoms with Crippen molar-refractivity contribution in [3.05, 3.63) is 42.2 Å². The zero-order chi connectivity index (χ0) is 12.2. The first-order valence-corrected chi connectivity index (χ1v) is 6.29. The van der Waals surface area contributed by atoms with Crippen molar-refractivity contribution < 1.29 is 9.26 Å². The topological polar surface area (TPSA) is 38.5 Å². The Kier molecular flexibility index (Phi) is 3.17. The highest BCUT2D eigenvalue weighted by molar-refractivity contribution is 5.45. The molecule has 2 aromatic rings. The highest BCUT2D eigenvalue weighted by atomic mass is 16.5. The van der Waals surface area contributed by atoms with Gasteiger partial charge >= 0.3 is 0 Å². The van der Waals surface area contributed by atoms with Crippen LogP contribution in [0.3, 0.4) is 0 Å². The minimum Gasteiger partial charge on any atom is -0.489 e. The molecule has 0 amide bonds. The van der Waals surface area contributed by atoms with E-state index in [1.54, 1.807) is 6.26 Å². The SMILES string of the molecule is c1ccc(OCc2conc2N2CCCC2)cc1. The van der Waals surface area contributed by atoms with E-state index in [-0.39, 0.29) is 0 Å². The molecule has 18 heavy (non-hydrogen) atoms. The standard InChI is InChI=1S/C14H16N2O2/c1-2-6-13(7-3-1)17-10-12-11-18-15-14(12)16-8-4-5-9-16/h1-3,6-7,11H,4-5,8-10H2. The molecule has 0 N–H and O–H groups in total. The predicted octanol–water partition coefficient (Wildman–Crippen LogP) is 2.85. The highest BCUT2D eigenvalue weighted by Gasteiger charge is 2.19. The first kappa shape index (κ1) is 11.1. The first-order valence-electron chi connectivity index (χ1n) is 6.29. The quantitative estimate of drug-likeness (QED) is 0.829. The first-order chi connectivity index (χ1) is 8.93. The second-order valence-corrected chi connectivity index (χ2v) is 4.46. The lowest BCUT2D eigenvalue weighted by Gasteiger charge is -2.15. The van der Waals surface area contributed by atoms with Gasteiger partial charge in [0, 0.05) is 13.1 Å². The van der Waals surface area contributed by atoms with Crippen molar-refractivity contribution in [3.8, 4) is 5.75 Å². The van der Waals surface area contributed by atoms with E-state index in [9.17, 15) is 0 Å². The summed E-state index contributed by atoms with van der Waals surface area (Å²) in [6.45, 7) is 2.62. The maximum atomic E-state index is 5.72. The molecule has 1 aromatic heterocycles. The summed E-state index contributed by atoms with van der Waals surface area (Å²) in [5, 5.41) is 4.08. The molecule has 0 spiro atoms. The summed E-state index contributed by atoms with van der Waals surface area (Å²) in [5.41, 5.74) is 1.01. The van der Waals surface area contributed by atoms with Gasteiger partial charge in [0.1, 0.15) is 18.6 Å². The molecule has 1 aliphatic heterocycles. The number of rotatable bonds is 4. The molecule has 1 aromatic carbocycles. The zero-order valence-corrected chi connectivity index (χ0v) is 10.2. The number of hydrogen-bond donors (Lipinski definition) is 0. The molecule has 1 fully saturated rings. The molecule has 2 heterocycles. The van der Waals surface area contributed by atoms with Gasteiger partial charge in [-0.1, -0.05) is 23.4 Å². The van der Waals surface area contributed by atoms with Gasteiger partial charge in [0.05, 0.1) is 5.56 Å². The van der Waals surface area contributed by atoms with Gasteiger partial charge in [-0.2, -0.15) is 0 Å². The molecular formula is C14H16N2O2. The largest absolute Gasteiger partial charge is 0.489 e. The number of para-hydroxylation sites is 1. The number of hydrogen-bond acceptors (Lipinski definition) is 4. The van der Waals surface area contributed by atoms with Gasteiger partial charge in [-0.05, 0) is 25.0 Å². The van der Waals surface area contributed by atoms with Gasteiger partial charge in [0.15, 0.2) is 5.82 Å². The van der Waals surface area contributed by atoms with Crippen LogP contribution in [0.5, 0.6) is 5.75 Å². The lowest BCUT2D eigenvalue weighted by molar-refractivity contribution is 0.304. The van der Waals surface area contributed by atoms with Crippen molar-refractivity contribution in [3.63, 3.8) is 0 Å².